The van der Waals surface area contributed by atoms with Gasteiger partial charge in [-0.25, -0.2) is 8.42 Å². The van der Waals surface area contributed by atoms with Gasteiger partial charge in [0.25, 0.3) is 0 Å². The lowest BCUT2D eigenvalue weighted by atomic mass is 9.95. The van der Waals surface area contributed by atoms with Crippen molar-refractivity contribution in [3.05, 3.63) is 23.2 Å². The van der Waals surface area contributed by atoms with Crippen molar-refractivity contribution >= 4 is 27.5 Å². The number of sulfonamides is 1. The summed E-state index contributed by atoms with van der Waals surface area (Å²) in [5.74, 6) is 0.379. The van der Waals surface area contributed by atoms with Crippen LogP contribution >= 0.6 is 11.6 Å². The van der Waals surface area contributed by atoms with Gasteiger partial charge in [-0.15, -0.1) is 0 Å². The Hall–Kier alpha value is -1.31. The maximum Gasteiger partial charge on any atom is 0.246 e. The van der Waals surface area contributed by atoms with Crippen molar-refractivity contribution in [3.8, 4) is 5.75 Å². The molecular formula is C18H25ClN2O4S. The second kappa shape index (κ2) is 8.15. The van der Waals surface area contributed by atoms with Gasteiger partial charge in [0.1, 0.15) is 10.6 Å². The molecule has 0 aromatic heterocycles. The third kappa shape index (κ3) is 4.00. The Kier molecular flexibility index (Phi) is 6.10. The van der Waals surface area contributed by atoms with Crippen molar-refractivity contribution in [2.24, 2.45) is 5.92 Å². The fourth-order valence-corrected chi connectivity index (χ4v) is 5.59. The Morgan fingerprint density at radius 3 is 2.38 bits per heavy atom. The van der Waals surface area contributed by atoms with E-state index in [1.807, 2.05) is 4.90 Å². The molecule has 0 N–H and O–H groups in total. The molecule has 1 amide bonds. The molecule has 0 radical (unpaired) electrons. The summed E-state index contributed by atoms with van der Waals surface area (Å²) in [4.78, 5) is 14.7. The zero-order valence-electron chi connectivity index (χ0n) is 15.0. The minimum absolute atomic E-state index is 0.0771. The summed E-state index contributed by atoms with van der Waals surface area (Å²) in [5, 5.41) is 0.347. The average Bonchev–Trinajstić information content (AvgIpc) is 2.68. The van der Waals surface area contributed by atoms with Gasteiger partial charge in [-0.05, 0) is 50.3 Å². The zero-order valence-corrected chi connectivity index (χ0v) is 16.6. The normalized spacial score (nSPS) is 20.2. The Balaban J connectivity index is 1.69. The monoisotopic (exact) mass is 400 g/mol. The highest BCUT2D eigenvalue weighted by Crippen LogP contribution is 2.32. The Labute approximate surface area is 160 Å². The van der Waals surface area contributed by atoms with E-state index in [2.05, 4.69) is 0 Å². The molecule has 0 bridgehead atoms. The van der Waals surface area contributed by atoms with Crippen molar-refractivity contribution in [3.63, 3.8) is 0 Å². The third-order valence-corrected chi connectivity index (χ3v) is 7.37. The molecule has 2 saturated heterocycles. The first kappa shape index (κ1) is 19.5. The van der Waals surface area contributed by atoms with Gasteiger partial charge in [-0.2, -0.15) is 4.31 Å². The first-order chi connectivity index (χ1) is 12.4. The van der Waals surface area contributed by atoms with Gasteiger partial charge >= 0.3 is 0 Å². The summed E-state index contributed by atoms with van der Waals surface area (Å²) < 4.78 is 32.6. The number of halogens is 1. The molecule has 2 aliphatic heterocycles. The Bertz CT molecular complexity index is 754. The lowest BCUT2D eigenvalue weighted by Crippen LogP contribution is -2.45. The first-order valence-corrected chi connectivity index (χ1v) is 10.9. The molecule has 0 aliphatic carbocycles. The van der Waals surface area contributed by atoms with E-state index >= 15 is 0 Å². The average molecular weight is 401 g/mol. The second-order valence-electron chi connectivity index (χ2n) is 6.86. The lowest BCUT2D eigenvalue weighted by Gasteiger charge is -2.35. The van der Waals surface area contributed by atoms with E-state index in [1.165, 1.54) is 23.9 Å². The van der Waals surface area contributed by atoms with E-state index in [-0.39, 0.29) is 22.5 Å². The summed E-state index contributed by atoms with van der Waals surface area (Å²) in [7, 11) is -2.27. The molecule has 0 atom stereocenters. The van der Waals surface area contributed by atoms with Crippen LogP contribution < -0.4 is 4.74 Å². The maximum absolute atomic E-state index is 13.0. The first-order valence-electron chi connectivity index (χ1n) is 9.06. The fraction of sp³-hybridized carbons (Fsp3) is 0.611. The Morgan fingerprint density at radius 1 is 1.12 bits per heavy atom. The van der Waals surface area contributed by atoms with Crippen molar-refractivity contribution in [2.45, 2.75) is 37.0 Å². The molecule has 8 heteroatoms. The third-order valence-electron chi connectivity index (χ3n) is 5.21. The number of likely N-dealkylation sites (tertiary alicyclic amines) is 1. The largest absolute Gasteiger partial charge is 0.495 e. The number of nitrogens with zero attached hydrogens (tertiary/aromatic N) is 2. The maximum atomic E-state index is 13.0. The molecular weight excluding hydrogens is 376 g/mol. The summed E-state index contributed by atoms with van der Waals surface area (Å²) in [5.41, 5.74) is 0. The van der Waals surface area contributed by atoms with Crippen molar-refractivity contribution in [2.75, 3.05) is 33.3 Å². The minimum Gasteiger partial charge on any atom is -0.495 e. The van der Waals surface area contributed by atoms with Gasteiger partial charge in [-0.1, -0.05) is 11.6 Å². The molecule has 2 heterocycles. The van der Waals surface area contributed by atoms with E-state index in [9.17, 15) is 13.2 Å². The molecule has 2 aliphatic rings. The van der Waals surface area contributed by atoms with Crippen molar-refractivity contribution in [1.82, 2.24) is 9.21 Å². The molecule has 6 nitrogen and oxygen atoms in total. The van der Waals surface area contributed by atoms with E-state index < -0.39 is 10.0 Å². The number of carbonyl (C=O) groups is 1. The number of carbonyl (C=O) groups excluding carboxylic acids is 1. The Morgan fingerprint density at radius 2 is 1.77 bits per heavy atom. The van der Waals surface area contributed by atoms with E-state index in [0.29, 0.717) is 31.0 Å². The van der Waals surface area contributed by atoms with Gasteiger partial charge in [-0.3, -0.25) is 4.79 Å². The standard InChI is InChI=1S/C18H25ClN2O4S/c1-25-16-6-5-15(19)13-17(16)26(23,24)21-11-7-14(8-12-21)18(22)20-9-3-2-4-10-20/h5-6,13-14H,2-4,7-12H2,1H3. The van der Waals surface area contributed by atoms with E-state index in [1.54, 1.807) is 12.1 Å². The number of rotatable bonds is 4. The quantitative estimate of drug-likeness (QED) is 0.779. The summed E-state index contributed by atoms with van der Waals surface area (Å²) in [6.07, 6.45) is 4.41. The predicted molar refractivity (Wildman–Crippen MR) is 99.9 cm³/mol. The molecule has 0 spiro atoms. The van der Waals surface area contributed by atoms with Gasteiger partial charge in [0.2, 0.25) is 15.9 Å². The van der Waals surface area contributed by atoms with Crippen LogP contribution in [0.25, 0.3) is 0 Å². The van der Waals surface area contributed by atoms with Gasteiger partial charge in [0.05, 0.1) is 7.11 Å². The molecule has 26 heavy (non-hydrogen) atoms. The molecule has 1 aromatic rings. The number of benzene rings is 1. The van der Waals surface area contributed by atoms with Crippen LogP contribution in [0, 0.1) is 5.92 Å². The van der Waals surface area contributed by atoms with Crippen LogP contribution in [0.2, 0.25) is 5.02 Å². The highest BCUT2D eigenvalue weighted by Gasteiger charge is 2.35. The number of methoxy groups -OCH3 is 1. The topological polar surface area (TPSA) is 66.9 Å². The second-order valence-corrected chi connectivity index (χ2v) is 9.20. The van der Waals surface area contributed by atoms with Crippen LogP contribution in [0.4, 0.5) is 0 Å². The predicted octanol–water partition coefficient (Wildman–Crippen LogP) is 2.76. The van der Waals surface area contributed by atoms with Gasteiger partial charge < -0.3 is 9.64 Å². The number of hydrogen-bond donors (Lipinski definition) is 0. The smallest absolute Gasteiger partial charge is 0.246 e. The number of ether oxygens (including phenoxy) is 1. The molecule has 144 valence electrons. The van der Waals surface area contributed by atoms with Crippen LogP contribution in [0.1, 0.15) is 32.1 Å². The summed E-state index contributed by atoms with van der Waals surface area (Å²) in [6, 6.07) is 4.57. The summed E-state index contributed by atoms with van der Waals surface area (Å²) >= 11 is 5.98. The minimum atomic E-state index is -3.70. The SMILES string of the molecule is COc1ccc(Cl)cc1S(=O)(=O)N1CCC(C(=O)N2CCCCC2)CC1. The molecule has 0 saturated carbocycles. The van der Waals surface area contributed by atoms with Crippen molar-refractivity contribution in [1.29, 1.82) is 0 Å². The van der Waals surface area contributed by atoms with Gasteiger partial charge in [0, 0.05) is 37.1 Å². The molecule has 1 aromatic carbocycles. The van der Waals surface area contributed by atoms with Crippen LogP contribution in [0.15, 0.2) is 23.1 Å². The van der Waals surface area contributed by atoms with Gasteiger partial charge in [0.15, 0.2) is 0 Å². The highest BCUT2D eigenvalue weighted by molar-refractivity contribution is 7.89. The zero-order chi connectivity index (χ0) is 18.7. The lowest BCUT2D eigenvalue weighted by molar-refractivity contribution is -0.137. The van der Waals surface area contributed by atoms with Crippen LogP contribution in [-0.4, -0.2) is 56.8 Å². The van der Waals surface area contributed by atoms with Crippen LogP contribution in [0.3, 0.4) is 0 Å². The molecule has 3 rings (SSSR count). The van der Waals surface area contributed by atoms with E-state index in [4.69, 9.17) is 16.3 Å². The van der Waals surface area contributed by atoms with Crippen LogP contribution in [0.5, 0.6) is 5.75 Å². The number of hydrogen-bond acceptors (Lipinski definition) is 4. The summed E-state index contributed by atoms with van der Waals surface area (Å²) in [6.45, 7) is 2.33. The van der Waals surface area contributed by atoms with Crippen LogP contribution in [-0.2, 0) is 14.8 Å². The molecule has 2 fully saturated rings. The highest BCUT2D eigenvalue weighted by atomic mass is 35.5. The number of amides is 1. The van der Waals surface area contributed by atoms with E-state index in [0.717, 1.165) is 25.9 Å². The number of piperidine rings is 2. The molecule has 0 unspecified atom stereocenters. The fourth-order valence-electron chi connectivity index (χ4n) is 3.71. The van der Waals surface area contributed by atoms with Crippen molar-refractivity contribution < 1.29 is 17.9 Å².